The summed E-state index contributed by atoms with van der Waals surface area (Å²) in [6.07, 6.45) is 4.42. The number of likely N-dealkylation sites (tertiary alicyclic amines) is 1. The Morgan fingerprint density at radius 1 is 1.22 bits per heavy atom. The number of benzene rings is 1. The van der Waals surface area contributed by atoms with Crippen LogP contribution in [0.5, 0.6) is 0 Å². The lowest BCUT2D eigenvalue weighted by molar-refractivity contribution is 0.0600. The third-order valence-corrected chi connectivity index (χ3v) is 7.24. The zero-order valence-corrected chi connectivity index (χ0v) is 20.1. The van der Waals surface area contributed by atoms with E-state index in [0.29, 0.717) is 55.7 Å². The number of aromatic nitrogens is 3. The van der Waals surface area contributed by atoms with Crippen LogP contribution in [0.15, 0.2) is 18.3 Å². The van der Waals surface area contributed by atoms with Crippen molar-refractivity contribution in [2.75, 3.05) is 24.5 Å². The Morgan fingerprint density at radius 3 is 2.72 bits per heavy atom. The van der Waals surface area contributed by atoms with Gasteiger partial charge in [0, 0.05) is 49.6 Å². The summed E-state index contributed by atoms with van der Waals surface area (Å²) in [6.45, 7) is 3.00. The fourth-order valence-electron chi connectivity index (χ4n) is 5.02. The number of nitrogens with one attached hydrogen (secondary N) is 1. The number of β-amino-alcohol motifs (C(OH)–C–C–N with tert-alkyl or cyclic N) is 1. The zero-order chi connectivity index (χ0) is 25.7. The van der Waals surface area contributed by atoms with Crippen molar-refractivity contribution in [3.63, 3.8) is 0 Å². The van der Waals surface area contributed by atoms with Crippen LogP contribution in [-0.2, 0) is 0 Å². The first-order valence-electron chi connectivity index (χ1n) is 11.6. The van der Waals surface area contributed by atoms with Crippen molar-refractivity contribution in [3.8, 4) is 0 Å². The van der Waals surface area contributed by atoms with Crippen LogP contribution >= 0.6 is 11.6 Å². The van der Waals surface area contributed by atoms with Crippen LogP contribution in [0.2, 0.25) is 5.02 Å². The molecule has 8 nitrogen and oxygen atoms in total. The van der Waals surface area contributed by atoms with Gasteiger partial charge in [0.25, 0.3) is 5.91 Å². The second-order valence-electron chi connectivity index (χ2n) is 9.28. The van der Waals surface area contributed by atoms with Crippen molar-refractivity contribution in [3.05, 3.63) is 57.6 Å². The van der Waals surface area contributed by atoms with Crippen LogP contribution in [0.4, 0.5) is 19.0 Å². The standard InChI is InChI=1S/C24H24ClF3N6O2/c1-12-9-34-19(30-23(12)32-10-13(8-29)18(35)11-32)7-16(31-34)17-4-2-3-5-33(17)24(36)14-6-15(26)22(28)20(25)21(14)27/h6-9,13,17-18,29,35H,2-5,10-11H2,1H3/t13-,17+,18+/m1/s1. The van der Waals surface area contributed by atoms with Crippen molar-refractivity contribution in [1.82, 2.24) is 19.5 Å². The first-order valence-corrected chi connectivity index (χ1v) is 12.0. The molecule has 0 aliphatic carbocycles. The highest BCUT2D eigenvalue weighted by molar-refractivity contribution is 6.31. The number of piperidine rings is 1. The van der Waals surface area contributed by atoms with Gasteiger partial charge in [0.15, 0.2) is 23.1 Å². The zero-order valence-electron chi connectivity index (χ0n) is 19.4. The van der Waals surface area contributed by atoms with Crippen LogP contribution in [0, 0.1) is 35.7 Å². The highest BCUT2D eigenvalue weighted by Gasteiger charge is 2.34. The van der Waals surface area contributed by atoms with Gasteiger partial charge in [-0.3, -0.25) is 4.79 Å². The lowest BCUT2D eigenvalue weighted by Crippen LogP contribution is -2.39. The molecule has 190 valence electrons. The molecule has 0 spiro atoms. The number of carbonyl (C=O) groups is 1. The average Bonchev–Trinajstić information content (AvgIpc) is 3.46. The lowest BCUT2D eigenvalue weighted by Gasteiger charge is -2.35. The Morgan fingerprint density at radius 2 is 2.00 bits per heavy atom. The number of fused-ring (bicyclic) bond motifs is 1. The van der Waals surface area contributed by atoms with Gasteiger partial charge in [-0.2, -0.15) is 5.10 Å². The number of aliphatic hydroxyl groups excluding tert-OH is 1. The molecule has 2 fully saturated rings. The van der Waals surface area contributed by atoms with Crippen LogP contribution in [0.3, 0.4) is 0 Å². The maximum Gasteiger partial charge on any atom is 0.257 e. The van der Waals surface area contributed by atoms with Crippen molar-refractivity contribution < 1.29 is 23.1 Å². The van der Waals surface area contributed by atoms with E-state index in [4.69, 9.17) is 22.0 Å². The van der Waals surface area contributed by atoms with Crippen molar-refractivity contribution in [2.45, 2.75) is 38.3 Å². The van der Waals surface area contributed by atoms with E-state index >= 15 is 0 Å². The molecule has 4 heterocycles. The van der Waals surface area contributed by atoms with Crippen molar-refractivity contribution >= 4 is 35.2 Å². The summed E-state index contributed by atoms with van der Waals surface area (Å²) in [5.41, 5.74) is 1.27. The minimum absolute atomic E-state index is 0.269. The Bertz CT molecular complexity index is 1370. The van der Waals surface area contributed by atoms with Crippen LogP contribution in [0.1, 0.15) is 46.9 Å². The second-order valence-corrected chi connectivity index (χ2v) is 9.66. The molecular weight excluding hydrogens is 497 g/mol. The Hall–Kier alpha value is -3.18. The molecule has 2 aromatic heterocycles. The van der Waals surface area contributed by atoms with E-state index in [2.05, 4.69) is 5.10 Å². The van der Waals surface area contributed by atoms with Gasteiger partial charge in [0.1, 0.15) is 10.8 Å². The summed E-state index contributed by atoms with van der Waals surface area (Å²) in [5.74, 6) is -4.60. The lowest BCUT2D eigenvalue weighted by atomic mass is 9.98. The van der Waals surface area contributed by atoms with E-state index in [1.165, 1.54) is 11.1 Å². The van der Waals surface area contributed by atoms with Gasteiger partial charge < -0.3 is 20.3 Å². The van der Waals surface area contributed by atoms with Gasteiger partial charge >= 0.3 is 0 Å². The third kappa shape index (κ3) is 4.09. The topological polar surface area (TPSA) is 97.8 Å². The van der Waals surface area contributed by atoms with E-state index in [0.717, 1.165) is 12.0 Å². The molecule has 0 unspecified atom stereocenters. The summed E-state index contributed by atoms with van der Waals surface area (Å²) in [7, 11) is 0. The summed E-state index contributed by atoms with van der Waals surface area (Å²) in [5, 5.41) is 21.2. The van der Waals surface area contributed by atoms with Crippen LogP contribution < -0.4 is 4.90 Å². The van der Waals surface area contributed by atoms with Gasteiger partial charge in [0.2, 0.25) is 0 Å². The first kappa shape index (κ1) is 24.5. The van der Waals surface area contributed by atoms with Crippen LogP contribution in [0.25, 0.3) is 5.65 Å². The van der Waals surface area contributed by atoms with E-state index in [9.17, 15) is 23.1 Å². The number of halogens is 4. The quantitative estimate of drug-likeness (QED) is 0.309. The summed E-state index contributed by atoms with van der Waals surface area (Å²) in [4.78, 5) is 21.3. The molecule has 36 heavy (non-hydrogen) atoms. The third-order valence-electron chi connectivity index (χ3n) is 6.91. The number of hydrogen-bond donors (Lipinski definition) is 2. The molecule has 2 saturated heterocycles. The smallest absolute Gasteiger partial charge is 0.257 e. The Kier molecular flexibility index (Phi) is 6.37. The molecule has 3 aromatic rings. The van der Waals surface area contributed by atoms with Crippen molar-refractivity contribution in [2.24, 2.45) is 5.92 Å². The second kappa shape index (κ2) is 9.36. The molecule has 2 aliphatic rings. The molecule has 3 atom stereocenters. The fourth-order valence-corrected chi connectivity index (χ4v) is 5.21. The Balaban J connectivity index is 1.48. The van der Waals surface area contributed by atoms with Gasteiger partial charge in [0.05, 0.1) is 23.4 Å². The molecule has 0 saturated carbocycles. The number of aryl methyl sites for hydroxylation is 1. The molecule has 2 aliphatic heterocycles. The first-order chi connectivity index (χ1) is 17.2. The van der Waals surface area contributed by atoms with Gasteiger partial charge in [-0.05, 0) is 32.3 Å². The van der Waals surface area contributed by atoms with Crippen LogP contribution in [-0.4, -0.2) is 62.5 Å². The SMILES string of the molecule is Cc1cn2nc([C@@H]3CCCCN3C(=O)c3cc(F)c(F)c(Cl)c3F)cc2nc1N1C[C@@H](C=N)[C@@H](O)C1. The summed E-state index contributed by atoms with van der Waals surface area (Å²) in [6, 6.07) is 1.77. The Labute approximate surface area is 209 Å². The monoisotopic (exact) mass is 520 g/mol. The molecule has 5 rings (SSSR count). The van der Waals surface area contributed by atoms with Crippen molar-refractivity contribution in [1.29, 1.82) is 5.41 Å². The minimum atomic E-state index is -1.53. The molecule has 1 aromatic carbocycles. The maximum absolute atomic E-state index is 14.6. The number of nitrogens with zero attached hydrogens (tertiary/aromatic N) is 5. The van der Waals surface area contributed by atoms with E-state index in [1.54, 1.807) is 16.8 Å². The average molecular weight is 521 g/mol. The normalized spacial score (nSPS) is 22.4. The number of hydrogen-bond acceptors (Lipinski definition) is 6. The number of anilines is 1. The molecule has 0 radical (unpaired) electrons. The van der Waals surface area contributed by atoms with E-state index in [1.807, 2.05) is 11.8 Å². The maximum atomic E-state index is 14.6. The molecule has 2 N–H and O–H groups in total. The predicted molar refractivity (Wildman–Crippen MR) is 127 cm³/mol. The molecule has 1 amide bonds. The minimum Gasteiger partial charge on any atom is -0.391 e. The predicted octanol–water partition coefficient (Wildman–Crippen LogP) is 3.92. The molecular formula is C24H24ClF3N6O2. The molecule has 0 bridgehead atoms. The number of aliphatic hydroxyl groups is 1. The highest BCUT2D eigenvalue weighted by Crippen LogP contribution is 2.34. The number of rotatable bonds is 4. The fraction of sp³-hybridized carbons (Fsp3) is 0.417. The van der Waals surface area contributed by atoms with E-state index in [-0.39, 0.29) is 5.92 Å². The molecule has 12 heteroatoms. The number of amides is 1. The summed E-state index contributed by atoms with van der Waals surface area (Å²) >= 11 is 5.57. The van der Waals surface area contributed by atoms with Gasteiger partial charge in [-0.1, -0.05) is 11.6 Å². The largest absolute Gasteiger partial charge is 0.391 e. The van der Waals surface area contributed by atoms with Gasteiger partial charge in [-0.25, -0.2) is 22.7 Å². The summed E-state index contributed by atoms with van der Waals surface area (Å²) < 4.78 is 43.8. The van der Waals surface area contributed by atoms with Gasteiger partial charge in [-0.15, -0.1) is 0 Å². The van der Waals surface area contributed by atoms with E-state index < -0.39 is 46.1 Å². The number of carbonyl (C=O) groups excluding carboxylic acids is 1. The highest BCUT2D eigenvalue weighted by atomic mass is 35.5.